The molecule has 1 unspecified atom stereocenters. The van der Waals surface area contributed by atoms with Crippen molar-refractivity contribution in [1.82, 2.24) is 10.6 Å². The second kappa shape index (κ2) is 8.64. The first-order chi connectivity index (χ1) is 9.47. The number of carbonyl (C=O) groups is 1. The number of amides is 1. The van der Waals surface area contributed by atoms with Crippen LogP contribution in [0.4, 0.5) is 0 Å². The number of carbonyl (C=O) groups excluding carboxylic acids is 1. The first-order valence-electron chi connectivity index (χ1n) is 6.52. The summed E-state index contributed by atoms with van der Waals surface area (Å²) in [5.74, 6) is 0.529. The zero-order valence-electron chi connectivity index (χ0n) is 11.9. The lowest BCUT2D eigenvalue weighted by atomic mass is 10.2. The van der Waals surface area contributed by atoms with Crippen molar-refractivity contribution in [3.8, 4) is 5.75 Å². The minimum atomic E-state index is -0.113. The predicted octanol–water partition coefficient (Wildman–Crippen LogP) is 3.22. The highest BCUT2D eigenvalue weighted by molar-refractivity contribution is 9.11. The lowest BCUT2D eigenvalue weighted by Gasteiger charge is -2.14. The molecule has 0 aliphatic carbocycles. The number of nitrogens with one attached hydrogen (secondary N) is 2. The van der Waals surface area contributed by atoms with Gasteiger partial charge in [-0.3, -0.25) is 4.79 Å². The van der Waals surface area contributed by atoms with Crippen molar-refractivity contribution < 1.29 is 9.53 Å². The Morgan fingerprint density at radius 3 is 2.45 bits per heavy atom. The number of halogens is 2. The molecule has 0 aromatic heterocycles. The highest BCUT2D eigenvalue weighted by Gasteiger charge is 2.12. The van der Waals surface area contributed by atoms with E-state index in [2.05, 4.69) is 42.5 Å². The topological polar surface area (TPSA) is 50.4 Å². The van der Waals surface area contributed by atoms with Crippen molar-refractivity contribution in [3.05, 3.63) is 26.6 Å². The normalized spacial score (nSPS) is 12.1. The van der Waals surface area contributed by atoms with Gasteiger partial charge in [-0.15, -0.1) is 0 Å². The Labute approximate surface area is 136 Å². The molecule has 6 heteroatoms. The summed E-state index contributed by atoms with van der Waals surface area (Å²) in [7, 11) is 1.89. The molecule has 1 aromatic rings. The Hall–Kier alpha value is -0.590. The van der Waals surface area contributed by atoms with E-state index < -0.39 is 0 Å². The van der Waals surface area contributed by atoms with E-state index in [1.54, 1.807) is 0 Å². The van der Waals surface area contributed by atoms with Gasteiger partial charge in [0.05, 0.1) is 8.95 Å². The molecule has 1 aromatic carbocycles. The Balaban J connectivity index is 2.66. The molecular weight excluding hydrogens is 388 g/mol. The van der Waals surface area contributed by atoms with Gasteiger partial charge in [0.2, 0.25) is 0 Å². The van der Waals surface area contributed by atoms with E-state index in [0.29, 0.717) is 5.75 Å². The molecule has 0 saturated carbocycles. The van der Waals surface area contributed by atoms with Crippen LogP contribution in [0.25, 0.3) is 0 Å². The van der Waals surface area contributed by atoms with E-state index in [1.807, 2.05) is 33.0 Å². The molecule has 0 fully saturated rings. The van der Waals surface area contributed by atoms with Crippen LogP contribution in [0.2, 0.25) is 0 Å². The second-order valence-electron chi connectivity index (χ2n) is 4.58. The summed E-state index contributed by atoms with van der Waals surface area (Å²) < 4.78 is 7.24. The maximum absolute atomic E-state index is 11.7. The maximum Gasteiger partial charge on any atom is 0.258 e. The molecule has 0 aliphatic rings. The fourth-order valence-corrected chi connectivity index (χ4v) is 3.12. The van der Waals surface area contributed by atoms with Gasteiger partial charge in [-0.25, -0.2) is 0 Å². The molecule has 1 atom stereocenters. The van der Waals surface area contributed by atoms with Crippen LogP contribution in [-0.2, 0) is 11.3 Å². The van der Waals surface area contributed by atoms with Gasteiger partial charge >= 0.3 is 0 Å². The summed E-state index contributed by atoms with van der Waals surface area (Å²) in [5.41, 5.74) is 1.13. The Bertz CT molecular complexity index is 443. The second-order valence-corrected chi connectivity index (χ2v) is 6.29. The minimum Gasteiger partial charge on any atom is -0.481 e. The van der Waals surface area contributed by atoms with Crippen LogP contribution < -0.4 is 15.4 Å². The average molecular weight is 408 g/mol. The molecular formula is C14H20Br2N2O2. The molecule has 4 nitrogen and oxygen atoms in total. The summed E-state index contributed by atoms with van der Waals surface area (Å²) in [6.07, 6.45) is 0.901. The largest absolute Gasteiger partial charge is 0.481 e. The molecule has 0 saturated heterocycles. The van der Waals surface area contributed by atoms with E-state index in [0.717, 1.165) is 27.5 Å². The van der Waals surface area contributed by atoms with Crippen molar-refractivity contribution in [3.63, 3.8) is 0 Å². The van der Waals surface area contributed by atoms with E-state index in [1.165, 1.54) is 0 Å². The van der Waals surface area contributed by atoms with Crippen LogP contribution in [-0.4, -0.2) is 25.6 Å². The quantitative estimate of drug-likeness (QED) is 0.729. The average Bonchev–Trinajstić information content (AvgIpc) is 2.37. The van der Waals surface area contributed by atoms with Crippen LogP contribution in [0.3, 0.4) is 0 Å². The third-order valence-corrected chi connectivity index (χ3v) is 3.98. The fraction of sp³-hybridized carbons (Fsp3) is 0.500. The zero-order valence-corrected chi connectivity index (χ0v) is 15.1. The van der Waals surface area contributed by atoms with E-state index >= 15 is 0 Å². The first kappa shape index (κ1) is 17.5. The SMILES string of the molecule is CCC(C)NC(=O)COc1c(Br)cc(CNC)cc1Br. The number of hydrogen-bond donors (Lipinski definition) is 2. The molecule has 0 bridgehead atoms. The van der Waals surface area contributed by atoms with Crippen LogP contribution in [0.5, 0.6) is 5.75 Å². The van der Waals surface area contributed by atoms with Crippen LogP contribution in [0.15, 0.2) is 21.1 Å². The lowest BCUT2D eigenvalue weighted by molar-refractivity contribution is -0.123. The number of ether oxygens (including phenoxy) is 1. The molecule has 0 spiro atoms. The molecule has 1 rings (SSSR count). The van der Waals surface area contributed by atoms with Gasteiger partial charge in [0.1, 0.15) is 5.75 Å². The summed E-state index contributed by atoms with van der Waals surface area (Å²) in [6.45, 7) is 4.77. The van der Waals surface area contributed by atoms with E-state index in [-0.39, 0.29) is 18.6 Å². The third kappa shape index (κ3) is 5.42. The highest BCUT2D eigenvalue weighted by atomic mass is 79.9. The summed E-state index contributed by atoms with van der Waals surface area (Å²) in [4.78, 5) is 11.7. The minimum absolute atomic E-state index is 0.00686. The van der Waals surface area contributed by atoms with Crippen molar-refractivity contribution in [2.45, 2.75) is 32.9 Å². The van der Waals surface area contributed by atoms with Gasteiger partial charge in [-0.2, -0.15) is 0 Å². The lowest BCUT2D eigenvalue weighted by Crippen LogP contribution is -2.35. The van der Waals surface area contributed by atoms with Crippen molar-refractivity contribution in [1.29, 1.82) is 0 Å². The number of benzene rings is 1. The van der Waals surface area contributed by atoms with Crippen LogP contribution in [0.1, 0.15) is 25.8 Å². The van der Waals surface area contributed by atoms with Gasteiger partial charge in [-0.05, 0) is 69.9 Å². The predicted molar refractivity (Wildman–Crippen MR) is 88.0 cm³/mol. The van der Waals surface area contributed by atoms with Crippen LogP contribution >= 0.6 is 31.9 Å². The Kier molecular flexibility index (Phi) is 7.55. The van der Waals surface area contributed by atoms with Gasteiger partial charge in [0.25, 0.3) is 5.91 Å². The molecule has 0 heterocycles. The van der Waals surface area contributed by atoms with Crippen LogP contribution in [0, 0.1) is 0 Å². The smallest absolute Gasteiger partial charge is 0.258 e. The first-order valence-corrected chi connectivity index (χ1v) is 8.11. The van der Waals surface area contributed by atoms with Gasteiger partial charge in [0, 0.05) is 12.6 Å². The van der Waals surface area contributed by atoms with Crippen molar-refractivity contribution in [2.24, 2.45) is 0 Å². The van der Waals surface area contributed by atoms with Crippen molar-refractivity contribution >= 4 is 37.8 Å². The number of rotatable bonds is 7. The monoisotopic (exact) mass is 406 g/mol. The fourth-order valence-electron chi connectivity index (χ4n) is 1.61. The van der Waals surface area contributed by atoms with E-state index in [9.17, 15) is 4.79 Å². The number of hydrogen-bond acceptors (Lipinski definition) is 3. The molecule has 2 N–H and O–H groups in total. The van der Waals surface area contributed by atoms with Crippen molar-refractivity contribution in [2.75, 3.05) is 13.7 Å². The standard InChI is InChI=1S/C14H20Br2N2O2/c1-4-9(2)18-13(19)8-20-14-11(15)5-10(7-17-3)6-12(14)16/h5-6,9,17H,4,7-8H2,1-3H3,(H,18,19). The molecule has 112 valence electrons. The zero-order chi connectivity index (χ0) is 15.1. The Morgan fingerprint density at radius 1 is 1.35 bits per heavy atom. The van der Waals surface area contributed by atoms with E-state index in [4.69, 9.17) is 4.74 Å². The summed E-state index contributed by atoms with van der Waals surface area (Å²) in [6, 6.07) is 4.11. The molecule has 1 amide bonds. The Morgan fingerprint density at radius 2 is 1.95 bits per heavy atom. The third-order valence-electron chi connectivity index (χ3n) is 2.81. The molecule has 20 heavy (non-hydrogen) atoms. The maximum atomic E-state index is 11.7. The highest BCUT2D eigenvalue weighted by Crippen LogP contribution is 2.34. The summed E-state index contributed by atoms with van der Waals surface area (Å²) in [5, 5.41) is 5.96. The van der Waals surface area contributed by atoms with Gasteiger partial charge in [-0.1, -0.05) is 6.92 Å². The molecule has 0 aliphatic heterocycles. The molecule has 0 radical (unpaired) electrons. The van der Waals surface area contributed by atoms with Gasteiger partial charge in [0.15, 0.2) is 6.61 Å². The summed E-state index contributed by atoms with van der Waals surface area (Å²) >= 11 is 6.94. The van der Waals surface area contributed by atoms with Gasteiger partial charge < -0.3 is 15.4 Å².